The first-order valence-corrected chi connectivity index (χ1v) is 6.38. The second-order valence-electron chi connectivity index (χ2n) is 4.34. The molecule has 19 heavy (non-hydrogen) atoms. The molecule has 1 aromatic heterocycles. The van der Waals surface area contributed by atoms with Crippen LogP contribution in [0.4, 0.5) is 4.39 Å². The molecule has 1 unspecified atom stereocenters. The van der Waals surface area contributed by atoms with Gasteiger partial charge in [0.15, 0.2) is 0 Å². The van der Waals surface area contributed by atoms with Crippen LogP contribution in [-0.4, -0.2) is 17.0 Å². The smallest absolute Gasteiger partial charge is 0.145 e. The number of halogens is 2. The zero-order chi connectivity index (χ0) is 13.8. The van der Waals surface area contributed by atoms with Gasteiger partial charge in [-0.3, -0.25) is 9.97 Å². The summed E-state index contributed by atoms with van der Waals surface area (Å²) in [6.45, 7) is 1.88. The number of hydrogen-bond acceptors (Lipinski definition) is 3. The van der Waals surface area contributed by atoms with Crippen LogP contribution in [0.5, 0.6) is 0 Å². The van der Waals surface area contributed by atoms with Gasteiger partial charge in [-0.25, -0.2) is 4.39 Å². The summed E-state index contributed by atoms with van der Waals surface area (Å²) in [6, 6.07) is 4.92. The molecule has 0 saturated carbocycles. The van der Waals surface area contributed by atoms with Crippen LogP contribution >= 0.6 is 11.6 Å². The highest BCUT2D eigenvalue weighted by Gasteiger charge is 2.15. The number of benzene rings is 1. The summed E-state index contributed by atoms with van der Waals surface area (Å²) in [5, 5.41) is 3.26. The Morgan fingerprint density at radius 1 is 1.32 bits per heavy atom. The highest BCUT2D eigenvalue weighted by Crippen LogP contribution is 2.22. The standard InChI is InChI=1S/C14H15ClFN3/c1-9-7-19-13(8-18-9)12(17-2)6-10-4-3-5-11(15)14(10)16/h3-5,7-8,12,17H,6H2,1-2H3. The fraction of sp³-hybridized carbons (Fsp3) is 0.286. The van der Waals surface area contributed by atoms with Gasteiger partial charge in [0.1, 0.15) is 5.82 Å². The third kappa shape index (κ3) is 3.28. The predicted molar refractivity (Wildman–Crippen MR) is 73.7 cm³/mol. The third-order valence-corrected chi connectivity index (χ3v) is 3.25. The topological polar surface area (TPSA) is 37.8 Å². The summed E-state index contributed by atoms with van der Waals surface area (Å²) in [6.07, 6.45) is 3.88. The molecule has 0 amide bonds. The van der Waals surface area contributed by atoms with E-state index in [1.807, 2.05) is 14.0 Å². The molecule has 3 nitrogen and oxygen atoms in total. The Bertz CT molecular complexity index is 557. The van der Waals surface area contributed by atoms with E-state index in [-0.39, 0.29) is 16.9 Å². The Balaban J connectivity index is 2.24. The van der Waals surface area contributed by atoms with Gasteiger partial charge in [-0.05, 0) is 32.0 Å². The predicted octanol–water partition coefficient (Wildman–Crippen LogP) is 3.08. The van der Waals surface area contributed by atoms with E-state index in [0.29, 0.717) is 12.0 Å². The van der Waals surface area contributed by atoms with Gasteiger partial charge in [0.25, 0.3) is 0 Å². The highest BCUT2D eigenvalue weighted by atomic mass is 35.5. The lowest BCUT2D eigenvalue weighted by Gasteiger charge is -2.16. The third-order valence-electron chi connectivity index (χ3n) is 2.96. The number of nitrogens with one attached hydrogen (secondary N) is 1. The van der Waals surface area contributed by atoms with Crippen LogP contribution in [0, 0.1) is 12.7 Å². The fourth-order valence-electron chi connectivity index (χ4n) is 1.86. The highest BCUT2D eigenvalue weighted by molar-refractivity contribution is 6.30. The molecule has 2 aromatic rings. The van der Waals surface area contributed by atoms with Crippen molar-refractivity contribution in [1.82, 2.24) is 15.3 Å². The normalized spacial score (nSPS) is 12.4. The lowest BCUT2D eigenvalue weighted by Crippen LogP contribution is -2.21. The van der Waals surface area contributed by atoms with Crippen molar-refractivity contribution in [2.75, 3.05) is 7.05 Å². The minimum Gasteiger partial charge on any atom is -0.311 e. The number of aryl methyl sites for hydroxylation is 1. The number of nitrogens with zero attached hydrogens (tertiary/aromatic N) is 2. The molecule has 100 valence electrons. The molecular weight excluding hydrogens is 265 g/mol. The molecule has 0 spiro atoms. The van der Waals surface area contributed by atoms with Crippen LogP contribution in [0.15, 0.2) is 30.6 Å². The summed E-state index contributed by atoms with van der Waals surface area (Å²) >= 11 is 5.78. The molecule has 0 aliphatic heterocycles. The van der Waals surface area contributed by atoms with Crippen molar-refractivity contribution in [2.45, 2.75) is 19.4 Å². The summed E-state index contributed by atoms with van der Waals surface area (Å²) in [7, 11) is 1.81. The van der Waals surface area contributed by atoms with Gasteiger partial charge in [0, 0.05) is 6.20 Å². The van der Waals surface area contributed by atoms with E-state index in [0.717, 1.165) is 11.4 Å². The maximum Gasteiger partial charge on any atom is 0.145 e. The van der Waals surface area contributed by atoms with Crippen LogP contribution in [0.25, 0.3) is 0 Å². The van der Waals surface area contributed by atoms with Gasteiger partial charge in [-0.15, -0.1) is 0 Å². The molecule has 1 N–H and O–H groups in total. The largest absolute Gasteiger partial charge is 0.311 e. The lowest BCUT2D eigenvalue weighted by molar-refractivity contribution is 0.543. The van der Waals surface area contributed by atoms with Crippen molar-refractivity contribution in [1.29, 1.82) is 0 Å². The average molecular weight is 280 g/mol. The molecule has 1 aromatic carbocycles. The van der Waals surface area contributed by atoms with E-state index in [1.54, 1.807) is 30.6 Å². The maximum absolute atomic E-state index is 13.9. The van der Waals surface area contributed by atoms with Crippen molar-refractivity contribution < 1.29 is 4.39 Å². The number of aromatic nitrogens is 2. The molecule has 1 atom stereocenters. The monoisotopic (exact) mass is 279 g/mol. The van der Waals surface area contributed by atoms with Crippen molar-refractivity contribution in [3.8, 4) is 0 Å². The molecule has 0 bridgehead atoms. The van der Waals surface area contributed by atoms with E-state index in [1.165, 1.54) is 0 Å². The summed E-state index contributed by atoms with van der Waals surface area (Å²) in [4.78, 5) is 8.52. The number of likely N-dealkylation sites (N-methyl/N-ethyl adjacent to an activating group) is 1. The first-order valence-electron chi connectivity index (χ1n) is 6.00. The molecule has 0 radical (unpaired) electrons. The van der Waals surface area contributed by atoms with Crippen LogP contribution in [0.2, 0.25) is 5.02 Å². The van der Waals surface area contributed by atoms with Crippen molar-refractivity contribution in [2.24, 2.45) is 0 Å². The molecular formula is C14H15ClFN3. The minimum absolute atomic E-state index is 0.0962. The van der Waals surface area contributed by atoms with E-state index >= 15 is 0 Å². The first kappa shape index (κ1) is 13.9. The Kier molecular flexibility index (Phi) is 4.45. The van der Waals surface area contributed by atoms with E-state index < -0.39 is 0 Å². The van der Waals surface area contributed by atoms with Gasteiger partial charge < -0.3 is 5.32 Å². The van der Waals surface area contributed by atoms with Gasteiger partial charge in [-0.1, -0.05) is 23.7 Å². The number of hydrogen-bond donors (Lipinski definition) is 1. The molecule has 5 heteroatoms. The first-order chi connectivity index (χ1) is 9.11. The van der Waals surface area contributed by atoms with E-state index in [2.05, 4.69) is 15.3 Å². The SMILES string of the molecule is CNC(Cc1cccc(Cl)c1F)c1cnc(C)cn1. The maximum atomic E-state index is 13.9. The Labute approximate surface area is 116 Å². The summed E-state index contributed by atoms with van der Waals surface area (Å²) in [5.74, 6) is -0.371. The molecule has 2 rings (SSSR count). The Hall–Kier alpha value is -1.52. The van der Waals surface area contributed by atoms with Crippen molar-refractivity contribution >= 4 is 11.6 Å². The molecule has 0 aliphatic rings. The summed E-state index contributed by atoms with van der Waals surface area (Å²) < 4.78 is 13.9. The number of rotatable bonds is 4. The molecule has 1 heterocycles. The van der Waals surface area contributed by atoms with E-state index in [9.17, 15) is 4.39 Å². The zero-order valence-electron chi connectivity index (χ0n) is 10.8. The van der Waals surface area contributed by atoms with Gasteiger partial charge >= 0.3 is 0 Å². The van der Waals surface area contributed by atoms with Crippen LogP contribution < -0.4 is 5.32 Å². The molecule has 0 saturated heterocycles. The average Bonchev–Trinajstić information content (AvgIpc) is 2.42. The van der Waals surface area contributed by atoms with Crippen LogP contribution in [-0.2, 0) is 6.42 Å². The van der Waals surface area contributed by atoms with Crippen molar-refractivity contribution in [3.05, 3.63) is 58.4 Å². The van der Waals surface area contributed by atoms with Crippen LogP contribution in [0.3, 0.4) is 0 Å². The van der Waals surface area contributed by atoms with Gasteiger partial charge in [-0.2, -0.15) is 0 Å². The van der Waals surface area contributed by atoms with Gasteiger partial charge in [0.05, 0.1) is 28.6 Å². The second-order valence-corrected chi connectivity index (χ2v) is 4.75. The Morgan fingerprint density at radius 3 is 2.74 bits per heavy atom. The van der Waals surface area contributed by atoms with E-state index in [4.69, 9.17) is 11.6 Å². The fourth-order valence-corrected chi connectivity index (χ4v) is 2.06. The lowest BCUT2D eigenvalue weighted by atomic mass is 10.0. The zero-order valence-corrected chi connectivity index (χ0v) is 11.6. The minimum atomic E-state index is -0.371. The Morgan fingerprint density at radius 2 is 2.11 bits per heavy atom. The molecule has 0 fully saturated rings. The molecule has 0 aliphatic carbocycles. The van der Waals surface area contributed by atoms with Crippen molar-refractivity contribution in [3.63, 3.8) is 0 Å². The summed E-state index contributed by atoms with van der Waals surface area (Å²) in [5.41, 5.74) is 2.20. The second kappa shape index (κ2) is 6.08. The quantitative estimate of drug-likeness (QED) is 0.935. The van der Waals surface area contributed by atoms with Crippen LogP contribution in [0.1, 0.15) is 23.0 Å². The van der Waals surface area contributed by atoms with Gasteiger partial charge in [0.2, 0.25) is 0 Å².